The van der Waals surface area contributed by atoms with E-state index in [1.165, 1.54) is 0 Å². The van der Waals surface area contributed by atoms with Gasteiger partial charge < -0.3 is 5.73 Å². The molecule has 2 N–H and O–H groups in total. The molecule has 0 unspecified atom stereocenters. The highest BCUT2D eigenvalue weighted by Crippen LogP contribution is 2.07. The van der Waals surface area contributed by atoms with Crippen molar-refractivity contribution in [2.75, 3.05) is 6.54 Å². The van der Waals surface area contributed by atoms with E-state index in [0.717, 1.165) is 12.0 Å². The average molecular weight is 172 g/mol. The highest BCUT2D eigenvalue weighted by Gasteiger charge is 1.89. The van der Waals surface area contributed by atoms with Gasteiger partial charge >= 0.3 is 0 Å². The van der Waals surface area contributed by atoms with Crippen molar-refractivity contribution < 1.29 is 0 Å². The van der Waals surface area contributed by atoms with Crippen LogP contribution in [0.2, 0.25) is 0 Å². The van der Waals surface area contributed by atoms with Crippen molar-refractivity contribution in [3.63, 3.8) is 0 Å². The summed E-state index contributed by atoms with van der Waals surface area (Å²) >= 11 is 5.72. The van der Waals surface area contributed by atoms with Gasteiger partial charge in [-0.15, -0.1) is 0 Å². The van der Waals surface area contributed by atoms with Gasteiger partial charge in [0.25, 0.3) is 0 Å². The number of rotatable bonds is 4. The number of hydrogen-bond donors (Lipinski definition) is 1. The van der Waals surface area contributed by atoms with E-state index in [9.17, 15) is 0 Å². The fourth-order valence-electron chi connectivity index (χ4n) is 0.699. The number of allylic oxidation sites excluding steroid dienone is 3. The normalized spacial score (nSPS) is 13.4. The highest BCUT2D eigenvalue weighted by molar-refractivity contribution is 6.31. The third kappa shape index (κ3) is 4.82. The molecule has 0 aromatic carbocycles. The van der Waals surface area contributed by atoms with Crippen LogP contribution in [0, 0.1) is 0 Å². The minimum absolute atomic E-state index is 0.526. The van der Waals surface area contributed by atoms with E-state index in [2.05, 4.69) is 13.5 Å². The van der Waals surface area contributed by atoms with Crippen molar-refractivity contribution >= 4 is 11.6 Å². The Morgan fingerprint density at radius 3 is 2.64 bits per heavy atom. The Balaban J connectivity index is 4.28. The van der Waals surface area contributed by atoms with Gasteiger partial charge in [0, 0.05) is 11.6 Å². The van der Waals surface area contributed by atoms with Crippen molar-refractivity contribution in [1.29, 1.82) is 0 Å². The number of hydrogen-bond acceptors (Lipinski definition) is 1. The van der Waals surface area contributed by atoms with Gasteiger partial charge in [0.15, 0.2) is 0 Å². The van der Waals surface area contributed by atoms with Gasteiger partial charge in [0.1, 0.15) is 0 Å². The summed E-state index contributed by atoms with van der Waals surface area (Å²) in [6.07, 6.45) is 6.45. The van der Waals surface area contributed by atoms with Crippen LogP contribution in [0.15, 0.2) is 35.4 Å². The van der Waals surface area contributed by atoms with E-state index in [1.807, 2.05) is 12.2 Å². The summed E-state index contributed by atoms with van der Waals surface area (Å²) in [5.74, 6) is 0. The molecule has 0 bridgehead atoms. The smallest absolute Gasteiger partial charge is 0.0403 e. The summed E-state index contributed by atoms with van der Waals surface area (Å²) in [6, 6.07) is 0. The van der Waals surface area contributed by atoms with E-state index in [1.54, 1.807) is 6.08 Å². The molecule has 0 spiro atoms. The zero-order chi connectivity index (χ0) is 8.69. The fourth-order valence-corrected chi connectivity index (χ4v) is 0.840. The van der Waals surface area contributed by atoms with Crippen LogP contribution < -0.4 is 5.73 Å². The molecule has 11 heavy (non-hydrogen) atoms. The minimum atomic E-state index is 0.526. The van der Waals surface area contributed by atoms with Crippen LogP contribution in [0.3, 0.4) is 0 Å². The lowest BCUT2D eigenvalue weighted by Crippen LogP contribution is -2.00. The molecule has 0 atom stereocenters. The van der Waals surface area contributed by atoms with E-state index in [-0.39, 0.29) is 0 Å². The third-order valence-electron chi connectivity index (χ3n) is 1.22. The molecule has 0 aliphatic carbocycles. The largest absolute Gasteiger partial charge is 0.327 e. The molecule has 0 aliphatic heterocycles. The van der Waals surface area contributed by atoms with Gasteiger partial charge in [0.2, 0.25) is 0 Å². The van der Waals surface area contributed by atoms with Gasteiger partial charge in [-0.1, -0.05) is 37.3 Å². The molecule has 0 amide bonds. The predicted molar refractivity (Wildman–Crippen MR) is 51.6 cm³/mol. The van der Waals surface area contributed by atoms with Crippen molar-refractivity contribution in [1.82, 2.24) is 0 Å². The summed E-state index contributed by atoms with van der Waals surface area (Å²) < 4.78 is 0. The average Bonchev–Trinajstić information content (AvgIpc) is 2.03. The van der Waals surface area contributed by atoms with Crippen LogP contribution >= 0.6 is 11.6 Å². The zero-order valence-corrected chi connectivity index (χ0v) is 7.56. The van der Waals surface area contributed by atoms with E-state index < -0.39 is 0 Å². The highest BCUT2D eigenvalue weighted by atomic mass is 35.5. The fraction of sp³-hybridized carbons (Fsp3) is 0.333. The van der Waals surface area contributed by atoms with Crippen LogP contribution in [0.1, 0.15) is 13.3 Å². The number of nitrogens with two attached hydrogens (primary N) is 1. The maximum absolute atomic E-state index is 5.72. The molecule has 0 saturated heterocycles. The first-order chi connectivity index (χ1) is 5.24. The van der Waals surface area contributed by atoms with Crippen molar-refractivity contribution in [2.45, 2.75) is 13.3 Å². The van der Waals surface area contributed by atoms with Crippen LogP contribution in [-0.2, 0) is 0 Å². The van der Waals surface area contributed by atoms with Crippen molar-refractivity contribution in [3.8, 4) is 0 Å². The lowest BCUT2D eigenvalue weighted by molar-refractivity contribution is 1.12. The Labute approximate surface area is 73.2 Å². The molecule has 0 fully saturated rings. The van der Waals surface area contributed by atoms with Crippen molar-refractivity contribution in [2.24, 2.45) is 5.73 Å². The lowest BCUT2D eigenvalue weighted by Gasteiger charge is -1.96. The topological polar surface area (TPSA) is 26.0 Å². The maximum Gasteiger partial charge on any atom is 0.0403 e. The van der Waals surface area contributed by atoms with Gasteiger partial charge in [-0.2, -0.15) is 0 Å². The molecule has 0 saturated carbocycles. The molecule has 62 valence electrons. The summed E-state index contributed by atoms with van der Waals surface area (Å²) in [4.78, 5) is 0. The van der Waals surface area contributed by atoms with E-state index >= 15 is 0 Å². The lowest BCUT2D eigenvalue weighted by atomic mass is 10.2. The van der Waals surface area contributed by atoms with Gasteiger partial charge in [-0.05, 0) is 18.1 Å². The van der Waals surface area contributed by atoms with Crippen LogP contribution in [0.5, 0.6) is 0 Å². The van der Waals surface area contributed by atoms with Crippen molar-refractivity contribution in [3.05, 3.63) is 35.4 Å². The first-order valence-corrected chi connectivity index (χ1v) is 4.01. The molecule has 0 rings (SSSR count). The summed E-state index contributed by atoms with van der Waals surface area (Å²) in [5.41, 5.74) is 6.51. The zero-order valence-electron chi connectivity index (χ0n) is 6.81. The number of halogens is 1. The Morgan fingerprint density at radius 1 is 1.64 bits per heavy atom. The molecule has 0 aromatic heterocycles. The monoisotopic (exact) mass is 171 g/mol. The molecular formula is C9H14ClN. The SMILES string of the molecule is C=C/C(Cl)=C\C(=C/CC)CN. The molecule has 0 radical (unpaired) electrons. The Kier molecular flexibility index (Phi) is 5.90. The summed E-state index contributed by atoms with van der Waals surface area (Å²) in [7, 11) is 0. The Bertz CT molecular complexity index is 180. The second kappa shape index (κ2) is 6.20. The summed E-state index contributed by atoms with van der Waals surface area (Å²) in [5, 5.41) is 0.634. The van der Waals surface area contributed by atoms with Gasteiger partial charge in [-0.3, -0.25) is 0 Å². The summed E-state index contributed by atoms with van der Waals surface area (Å²) in [6.45, 7) is 6.13. The van der Waals surface area contributed by atoms with Gasteiger partial charge in [0.05, 0.1) is 0 Å². The van der Waals surface area contributed by atoms with Gasteiger partial charge in [-0.25, -0.2) is 0 Å². The van der Waals surface area contributed by atoms with Crippen LogP contribution in [0.25, 0.3) is 0 Å². The molecule has 0 heterocycles. The standard InChI is InChI=1S/C9H14ClN/c1-3-5-8(7-11)6-9(10)4-2/h4-6H,2-3,7,11H2,1H3/b8-5+,9-6+. The molecule has 0 aromatic rings. The van der Waals surface area contributed by atoms with E-state index in [4.69, 9.17) is 17.3 Å². The molecular weight excluding hydrogens is 158 g/mol. The minimum Gasteiger partial charge on any atom is -0.327 e. The Hall–Kier alpha value is -0.530. The third-order valence-corrected chi connectivity index (χ3v) is 1.48. The second-order valence-electron chi connectivity index (χ2n) is 2.12. The quantitative estimate of drug-likeness (QED) is 0.647. The molecule has 1 nitrogen and oxygen atoms in total. The van der Waals surface area contributed by atoms with Crippen LogP contribution in [-0.4, -0.2) is 6.54 Å². The van der Waals surface area contributed by atoms with Crippen LogP contribution in [0.4, 0.5) is 0 Å². The maximum atomic E-state index is 5.72. The second-order valence-corrected chi connectivity index (χ2v) is 2.56. The van der Waals surface area contributed by atoms with E-state index in [0.29, 0.717) is 11.6 Å². The first kappa shape index (κ1) is 10.5. The molecule has 2 heteroatoms. The Morgan fingerprint density at radius 2 is 2.27 bits per heavy atom. The first-order valence-electron chi connectivity index (χ1n) is 3.63. The molecule has 0 aliphatic rings. The predicted octanol–water partition coefficient (Wildman–Crippen LogP) is 2.59.